The lowest BCUT2D eigenvalue weighted by Crippen LogP contribution is -2.00. The minimum absolute atomic E-state index is 0.0787. The highest BCUT2D eigenvalue weighted by atomic mass is 35.5. The molecule has 0 aliphatic carbocycles. The first-order chi connectivity index (χ1) is 5.65. The number of benzene rings is 1. The van der Waals surface area contributed by atoms with Gasteiger partial charge in [0.05, 0.1) is 11.4 Å². The molecule has 0 aromatic heterocycles. The van der Waals surface area contributed by atoms with Gasteiger partial charge in [-0.25, -0.2) is 4.39 Å². The molecule has 1 aromatic carbocycles. The lowest BCUT2D eigenvalue weighted by Gasteiger charge is -1.99. The molecule has 0 saturated carbocycles. The second-order valence-electron chi connectivity index (χ2n) is 2.22. The number of Topliss-reactive ketones (excluding diaryl/α,β-unsaturated/α-hetero) is 1. The van der Waals surface area contributed by atoms with Crippen molar-refractivity contribution in [2.24, 2.45) is 0 Å². The summed E-state index contributed by atoms with van der Waals surface area (Å²) in [5.41, 5.74) is -0.0787. The quantitative estimate of drug-likeness (QED) is 0.569. The van der Waals surface area contributed by atoms with Crippen LogP contribution < -0.4 is 0 Å². The number of hydrogen-bond acceptors (Lipinski definition) is 2. The third kappa shape index (κ3) is 1.74. The maximum atomic E-state index is 12.5. The molecule has 0 heterocycles. The number of rotatable bonds is 2. The maximum Gasteiger partial charge on any atom is 0.181 e. The van der Waals surface area contributed by atoms with Crippen LogP contribution in [0.1, 0.15) is 10.4 Å². The topological polar surface area (TPSA) is 37.3 Å². The number of phenols is 1. The molecule has 12 heavy (non-hydrogen) atoms. The fourth-order valence-corrected chi connectivity index (χ4v) is 0.948. The van der Waals surface area contributed by atoms with Crippen LogP contribution in [0.5, 0.6) is 5.75 Å². The Bertz CT molecular complexity index is 312. The number of ketones is 1. The molecule has 0 aliphatic heterocycles. The first kappa shape index (κ1) is 9.00. The third-order valence-electron chi connectivity index (χ3n) is 1.38. The molecule has 2 nitrogen and oxygen atoms in total. The lowest BCUT2D eigenvalue weighted by atomic mass is 10.1. The molecule has 1 aromatic rings. The number of phenolic OH excluding ortho intramolecular Hbond substituents is 1. The Morgan fingerprint density at radius 3 is 2.83 bits per heavy atom. The molecule has 0 saturated heterocycles. The minimum Gasteiger partial charge on any atom is -0.507 e. The maximum absolute atomic E-state index is 12.5. The molecule has 0 spiro atoms. The zero-order valence-corrected chi connectivity index (χ0v) is 6.81. The van der Waals surface area contributed by atoms with Gasteiger partial charge in [-0.3, -0.25) is 4.79 Å². The molecule has 4 heteroatoms. The molecular formula is C8H6ClFO2. The Balaban J connectivity index is 3.13. The lowest BCUT2D eigenvalue weighted by molar-refractivity contribution is 0.101. The van der Waals surface area contributed by atoms with E-state index in [0.29, 0.717) is 0 Å². The fraction of sp³-hybridized carbons (Fsp3) is 0.125. The van der Waals surface area contributed by atoms with Gasteiger partial charge in [0.2, 0.25) is 0 Å². The number of carbonyl (C=O) groups excluding carboxylic acids is 1. The summed E-state index contributed by atoms with van der Waals surface area (Å²) in [4.78, 5) is 10.9. The van der Waals surface area contributed by atoms with E-state index < -0.39 is 11.6 Å². The average molecular weight is 189 g/mol. The van der Waals surface area contributed by atoms with Crippen LogP contribution in [0.3, 0.4) is 0 Å². The molecule has 64 valence electrons. The van der Waals surface area contributed by atoms with E-state index in [1.165, 1.54) is 0 Å². The smallest absolute Gasteiger partial charge is 0.181 e. The molecular weight excluding hydrogens is 183 g/mol. The summed E-state index contributed by atoms with van der Waals surface area (Å²) in [6.45, 7) is 0. The molecule has 1 N–H and O–H groups in total. The number of halogens is 2. The normalized spacial score (nSPS) is 9.83. The third-order valence-corrected chi connectivity index (χ3v) is 1.62. The fourth-order valence-electron chi connectivity index (χ4n) is 0.804. The van der Waals surface area contributed by atoms with Gasteiger partial charge in [-0.05, 0) is 18.2 Å². The van der Waals surface area contributed by atoms with Crippen molar-refractivity contribution in [1.29, 1.82) is 0 Å². The predicted octanol–water partition coefficient (Wildman–Crippen LogP) is 1.95. The van der Waals surface area contributed by atoms with Crippen molar-refractivity contribution in [3.8, 4) is 5.75 Å². The average Bonchev–Trinajstić information content (AvgIpc) is 2.08. The van der Waals surface area contributed by atoms with Gasteiger partial charge in [0, 0.05) is 0 Å². The van der Waals surface area contributed by atoms with E-state index in [4.69, 9.17) is 16.7 Å². The summed E-state index contributed by atoms with van der Waals surface area (Å²) in [7, 11) is 0. The molecule has 0 radical (unpaired) electrons. The van der Waals surface area contributed by atoms with Crippen molar-refractivity contribution in [3.05, 3.63) is 29.6 Å². The number of hydrogen-bond donors (Lipinski definition) is 1. The van der Waals surface area contributed by atoms with Crippen molar-refractivity contribution < 1.29 is 14.3 Å². The van der Waals surface area contributed by atoms with E-state index in [9.17, 15) is 9.18 Å². The Hall–Kier alpha value is -1.09. The van der Waals surface area contributed by atoms with Crippen LogP contribution in [-0.4, -0.2) is 16.8 Å². The second-order valence-corrected chi connectivity index (χ2v) is 2.49. The van der Waals surface area contributed by atoms with Gasteiger partial charge in [-0.15, -0.1) is 11.6 Å². The Labute approximate surface area is 73.6 Å². The SMILES string of the molecule is O=C(CCl)c1cc(F)ccc1O. The first-order valence-electron chi connectivity index (χ1n) is 3.23. The monoisotopic (exact) mass is 188 g/mol. The summed E-state index contributed by atoms with van der Waals surface area (Å²) >= 11 is 5.23. The van der Waals surface area contributed by atoms with Crippen molar-refractivity contribution >= 4 is 17.4 Å². The highest BCUT2D eigenvalue weighted by Gasteiger charge is 2.10. The van der Waals surface area contributed by atoms with E-state index in [1.54, 1.807) is 0 Å². The number of alkyl halides is 1. The molecule has 0 bridgehead atoms. The van der Waals surface area contributed by atoms with Crippen LogP contribution in [0.25, 0.3) is 0 Å². The van der Waals surface area contributed by atoms with Crippen molar-refractivity contribution in [2.45, 2.75) is 0 Å². The molecule has 0 unspecified atom stereocenters. The highest BCUT2D eigenvalue weighted by molar-refractivity contribution is 6.30. The summed E-state index contributed by atoms with van der Waals surface area (Å²) in [6.07, 6.45) is 0. The van der Waals surface area contributed by atoms with Crippen molar-refractivity contribution in [1.82, 2.24) is 0 Å². The van der Waals surface area contributed by atoms with Gasteiger partial charge < -0.3 is 5.11 Å². The zero-order chi connectivity index (χ0) is 9.14. The van der Waals surface area contributed by atoms with Crippen LogP contribution in [0.4, 0.5) is 4.39 Å². The Morgan fingerprint density at radius 1 is 1.58 bits per heavy atom. The Kier molecular flexibility index (Phi) is 2.65. The van der Waals surface area contributed by atoms with Gasteiger partial charge in [0.1, 0.15) is 11.6 Å². The van der Waals surface area contributed by atoms with Crippen LogP contribution >= 0.6 is 11.6 Å². The molecule has 0 fully saturated rings. The summed E-state index contributed by atoms with van der Waals surface area (Å²) in [6, 6.07) is 3.15. The van der Waals surface area contributed by atoms with E-state index in [-0.39, 0.29) is 17.2 Å². The highest BCUT2D eigenvalue weighted by Crippen LogP contribution is 2.18. The Morgan fingerprint density at radius 2 is 2.25 bits per heavy atom. The van der Waals surface area contributed by atoms with Crippen LogP contribution in [0.2, 0.25) is 0 Å². The summed E-state index contributed by atoms with van der Waals surface area (Å²) in [5.74, 6) is -1.58. The van der Waals surface area contributed by atoms with Crippen LogP contribution in [0.15, 0.2) is 18.2 Å². The van der Waals surface area contributed by atoms with Crippen molar-refractivity contribution in [2.75, 3.05) is 5.88 Å². The minimum atomic E-state index is -0.568. The predicted molar refractivity (Wildman–Crippen MR) is 43.1 cm³/mol. The van der Waals surface area contributed by atoms with E-state index in [0.717, 1.165) is 18.2 Å². The number of aromatic hydroxyl groups is 1. The van der Waals surface area contributed by atoms with Crippen LogP contribution in [-0.2, 0) is 0 Å². The van der Waals surface area contributed by atoms with E-state index >= 15 is 0 Å². The molecule has 0 aliphatic rings. The van der Waals surface area contributed by atoms with Crippen LogP contribution in [0, 0.1) is 5.82 Å². The molecule has 0 amide bonds. The number of carbonyl (C=O) groups is 1. The van der Waals surface area contributed by atoms with Gasteiger partial charge in [-0.1, -0.05) is 0 Å². The van der Waals surface area contributed by atoms with Gasteiger partial charge >= 0.3 is 0 Å². The standard InChI is InChI=1S/C8H6ClFO2/c9-4-8(12)6-3-5(10)1-2-7(6)11/h1-3,11H,4H2. The zero-order valence-electron chi connectivity index (χ0n) is 6.05. The summed E-state index contributed by atoms with van der Waals surface area (Å²) in [5, 5.41) is 9.09. The second kappa shape index (κ2) is 3.54. The molecule has 1 rings (SSSR count). The van der Waals surface area contributed by atoms with Gasteiger partial charge in [0.15, 0.2) is 5.78 Å². The summed E-state index contributed by atoms with van der Waals surface area (Å²) < 4.78 is 12.5. The van der Waals surface area contributed by atoms with E-state index in [1.807, 2.05) is 0 Å². The van der Waals surface area contributed by atoms with Crippen molar-refractivity contribution in [3.63, 3.8) is 0 Å². The van der Waals surface area contributed by atoms with Gasteiger partial charge in [-0.2, -0.15) is 0 Å². The largest absolute Gasteiger partial charge is 0.507 e. The molecule has 0 atom stereocenters. The van der Waals surface area contributed by atoms with Gasteiger partial charge in [0.25, 0.3) is 0 Å². The van der Waals surface area contributed by atoms with E-state index in [2.05, 4.69) is 0 Å². The first-order valence-corrected chi connectivity index (χ1v) is 3.76.